The van der Waals surface area contributed by atoms with Gasteiger partial charge in [0.2, 0.25) is 17.6 Å². The first-order valence-corrected chi connectivity index (χ1v) is 15.9. The van der Waals surface area contributed by atoms with E-state index >= 15 is 0 Å². The average Bonchev–Trinajstić information content (AvgIpc) is 3.73. The molecule has 1 aliphatic heterocycles. The normalized spacial score (nSPS) is 18.4. The van der Waals surface area contributed by atoms with Gasteiger partial charge in [0.05, 0.1) is 6.04 Å². The number of alkyl carbamates (subject to hydrolysis) is 1. The molecular weight excluding hydrogens is 596 g/mol. The standard InChI is InChI=1S/C34H43ClN4O6/c1-20(2)17-27(31(42)38-26(18-22-15-16-36-30(22)41)28(40)32(43)37-25-13-14-25)39-33(44)45-29(21-9-6-5-7-10-21)34(3,4)23-11-8-12-24(35)19-23/h5-12,19-20,22,25-27,29H,13-18H2,1-4H3,(H,36,41)(H,37,43)(H,38,42)(H,39,44)/t22-,26-,27-,29-/m0/s1. The number of halogens is 1. The second kappa shape index (κ2) is 14.9. The summed E-state index contributed by atoms with van der Waals surface area (Å²) in [4.78, 5) is 65.4. The van der Waals surface area contributed by atoms with Gasteiger partial charge in [-0.15, -0.1) is 0 Å². The second-order valence-corrected chi connectivity index (χ2v) is 13.4. The van der Waals surface area contributed by atoms with Gasteiger partial charge in [-0.3, -0.25) is 19.2 Å². The number of Topliss-reactive ketones (excluding diaryl/α,β-unsaturated/α-hetero) is 1. The van der Waals surface area contributed by atoms with Gasteiger partial charge >= 0.3 is 6.09 Å². The van der Waals surface area contributed by atoms with E-state index in [-0.39, 0.29) is 30.7 Å². The van der Waals surface area contributed by atoms with Gasteiger partial charge in [0.25, 0.3) is 5.91 Å². The maximum Gasteiger partial charge on any atom is 0.408 e. The molecule has 0 aromatic heterocycles. The minimum atomic E-state index is -1.23. The number of carbonyl (C=O) groups is 5. The molecule has 0 bridgehead atoms. The number of amides is 4. The highest BCUT2D eigenvalue weighted by Crippen LogP contribution is 2.40. The lowest BCUT2D eigenvalue weighted by Crippen LogP contribution is -2.55. The van der Waals surface area contributed by atoms with Crippen molar-refractivity contribution in [2.45, 2.75) is 89.4 Å². The van der Waals surface area contributed by atoms with Crippen LogP contribution < -0.4 is 21.3 Å². The van der Waals surface area contributed by atoms with Crippen LogP contribution >= 0.6 is 11.6 Å². The lowest BCUT2D eigenvalue weighted by Gasteiger charge is -2.35. The van der Waals surface area contributed by atoms with Gasteiger partial charge in [-0.25, -0.2) is 4.79 Å². The highest BCUT2D eigenvalue weighted by molar-refractivity contribution is 6.38. The van der Waals surface area contributed by atoms with Crippen LogP contribution in [-0.2, 0) is 29.3 Å². The van der Waals surface area contributed by atoms with Gasteiger partial charge in [0, 0.05) is 28.9 Å². The van der Waals surface area contributed by atoms with Crippen molar-refractivity contribution in [1.82, 2.24) is 21.3 Å². The Morgan fingerprint density at radius 2 is 1.69 bits per heavy atom. The third-order valence-electron chi connectivity index (χ3n) is 8.32. The zero-order valence-corrected chi connectivity index (χ0v) is 27.0. The smallest absolute Gasteiger partial charge is 0.408 e. The summed E-state index contributed by atoms with van der Waals surface area (Å²) in [6.07, 6.45) is 0.742. The van der Waals surface area contributed by atoms with Crippen LogP contribution in [0.3, 0.4) is 0 Å². The Kier molecular flexibility index (Phi) is 11.3. The lowest BCUT2D eigenvalue weighted by molar-refractivity contribution is -0.141. The minimum Gasteiger partial charge on any atom is -0.440 e. The summed E-state index contributed by atoms with van der Waals surface area (Å²) in [5.41, 5.74) is 0.896. The van der Waals surface area contributed by atoms with Crippen LogP contribution in [0.2, 0.25) is 5.02 Å². The minimum absolute atomic E-state index is 0.0122. The van der Waals surface area contributed by atoms with E-state index in [1.54, 1.807) is 6.07 Å². The molecule has 45 heavy (non-hydrogen) atoms. The van der Waals surface area contributed by atoms with E-state index in [1.165, 1.54) is 0 Å². The van der Waals surface area contributed by atoms with E-state index < -0.39 is 53.2 Å². The number of hydrogen-bond donors (Lipinski definition) is 4. The molecule has 4 atom stereocenters. The first-order chi connectivity index (χ1) is 21.3. The van der Waals surface area contributed by atoms with Crippen LogP contribution in [0.5, 0.6) is 0 Å². The second-order valence-electron chi connectivity index (χ2n) is 12.9. The Labute approximate surface area is 269 Å². The summed E-state index contributed by atoms with van der Waals surface area (Å²) >= 11 is 6.30. The molecule has 0 unspecified atom stereocenters. The van der Waals surface area contributed by atoms with Gasteiger partial charge in [-0.2, -0.15) is 0 Å². The molecule has 0 radical (unpaired) electrons. The Morgan fingerprint density at radius 3 is 2.29 bits per heavy atom. The molecule has 2 aliphatic rings. The molecule has 10 nitrogen and oxygen atoms in total. The third-order valence-corrected chi connectivity index (χ3v) is 8.55. The summed E-state index contributed by atoms with van der Waals surface area (Å²) in [6, 6.07) is 14.3. The van der Waals surface area contributed by atoms with Crippen molar-refractivity contribution in [2.75, 3.05) is 6.54 Å². The van der Waals surface area contributed by atoms with Crippen molar-refractivity contribution in [3.63, 3.8) is 0 Å². The van der Waals surface area contributed by atoms with Crippen LogP contribution in [0.4, 0.5) is 4.79 Å². The molecule has 1 saturated carbocycles. The SMILES string of the molecule is CC(C)C[C@H](NC(=O)O[C@@H](c1ccccc1)C(C)(C)c1cccc(Cl)c1)C(=O)N[C@@H](C[C@@H]1CCNC1=O)C(=O)C(=O)NC1CC1. The number of rotatable bonds is 14. The fraction of sp³-hybridized carbons (Fsp3) is 0.500. The largest absolute Gasteiger partial charge is 0.440 e. The van der Waals surface area contributed by atoms with Crippen LogP contribution in [0.1, 0.15) is 77.0 Å². The molecule has 1 heterocycles. The van der Waals surface area contributed by atoms with E-state index in [0.717, 1.165) is 24.0 Å². The summed E-state index contributed by atoms with van der Waals surface area (Å²) in [5, 5.41) is 11.3. The first kappa shape index (κ1) is 34.0. The molecule has 2 aromatic carbocycles. The van der Waals surface area contributed by atoms with Crippen LogP contribution in [-0.4, -0.2) is 54.3 Å². The first-order valence-electron chi connectivity index (χ1n) is 15.6. The van der Waals surface area contributed by atoms with Crippen molar-refractivity contribution >= 4 is 41.2 Å². The molecule has 11 heteroatoms. The van der Waals surface area contributed by atoms with Gasteiger partial charge in [-0.1, -0.05) is 81.8 Å². The maximum absolute atomic E-state index is 13.7. The fourth-order valence-electron chi connectivity index (χ4n) is 5.59. The molecule has 1 saturated heterocycles. The number of hydrogen-bond acceptors (Lipinski definition) is 6. The molecular formula is C34H43ClN4O6. The highest BCUT2D eigenvalue weighted by atomic mass is 35.5. The van der Waals surface area contributed by atoms with E-state index in [2.05, 4.69) is 21.3 Å². The van der Waals surface area contributed by atoms with Gasteiger partial charge in [0.15, 0.2) is 0 Å². The van der Waals surface area contributed by atoms with Crippen molar-refractivity contribution in [1.29, 1.82) is 0 Å². The van der Waals surface area contributed by atoms with Crippen molar-refractivity contribution in [3.8, 4) is 0 Å². The average molecular weight is 639 g/mol. The Morgan fingerprint density at radius 1 is 0.978 bits per heavy atom. The molecule has 1 aliphatic carbocycles. The van der Waals surface area contributed by atoms with Crippen LogP contribution in [0.15, 0.2) is 54.6 Å². The van der Waals surface area contributed by atoms with Crippen molar-refractivity contribution < 1.29 is 28.7 Å². The summed E-state index contributed by atoms with van der Waals surface area (Å²) < 4.78 is 6.06. The predicted octanol–water partition coefficient (Wildman–Crippen LogP) is 4.36. The van der Waals surface area contributed by atoms with Crippen LogP contribution in [0.25, 0.3) is 0 Å². The Balaban J connectivity index is 1.53. The van der Waals surface area contributed by atoms with E-state index in [0.29, 0.717) is 18.0 Å². The van der Waals surface area contributed by atoms with Gasteiger partial charge in [0.1, 0.15) is 12.1 Å². The number of carbonyl (C=O) groups excluding carboxylic acids is 5. The topological polar surface area (TPSA) is 143 Å². The molecule has 2 fully saturated rings. The number of benzene rings is 2. The third kappa shape index (κ3) is 9.29. The van der Waals surface area contributed by atoms with Gasteiger partial charge < -0.3 is 26.0 Å². The number of ketones is 1. The highest BCUT2D eigenvalue weighted by Gasteiger charge is 2.39. The summed E-state index contributed by atoms with van der Waals surface area (Å²) in [7, 11) is 0. The summed E-state index contributed by atoms with van der Waals surface area (Å²) in [6.45, 7) is 8.16. The Bertz CT molecular complexity index is 1390. The molecule has 2 aromatic rings. The van der Waals surface area contributed by atoms with Crippen molar-refractivity contribution in [3.05, 3.63) is 70.7 Å². The lowest BCUT2D eigenvalue weighted by atomic mass is 9.76. The van der Waals surface area contributed by atoms with Crippen molar-refractivity contribution in [2.24, 2.45) is 11.8 Å². The predicted molar refractivity (Wildman–Crippen MR) is 170 cm³/mol. The number of ether oxygens (including phenoxy) is 1. The van der Waals surface area contributed by atoms with E-state index in [1.807, 2.05) is 76.2 Å². The molecule has 4 N–H and O–H groups in total. The molecule has 4 rings (SSSR count). The van der Waals surface area contributed by atoms with E-state index in [9.17, 15) is 24.0 Å². The Hall–Kier alpha value is -3.92. The summed E-state index contributed by atoms with van der Waals surface area (Å²) in [5.74, 6) is -2.99. The molecule has 4 amide bonds. The van der Waals surface area contributed by atoms with Crippen LogP contribution in [0, 0.1) is 11.8 Å². The maximum atomic E-state index is 13.7. The quantitative estimate of drug-likeness (QED) is 0.227. The monoisotopic (exact) mass is 638 g/mol. The molecule has 242 valence electrons. The zero-order valence-electron chi connectivity index (χ0n) is 26.2. The number of nitrogens with one attached hydrogen (secondary N) is 4. The van der Waals surface area contributed by atoms with E-state index in [4.69, 9.17) is 16.3 Å². The zero-order chi connectivity index (χ0) is 32.7. The molecule has 0 spiro atoms. The van der Waals surface area contributed by atoms with Gasteiger partial charge in [-0.05, 0) is 61.3 Å². The fourth-order valence-corrected chi connectivity index (χ4v) is 5.78.